The molecule has 0 radical (unpaired) electrons. The van der Waals surface area contributed by atoms with Gasteiger partial charge in [-0.3, -0.25) is 19.2 Å². The van der Waals surface area contributed by atoms with Gasteiger partial charge in [0.25, 0.3) is 23.6 Å². The van der Waals surface area contributed by atoms with Crippen LogP contribution in [-0.2, 0) is 25.7 Å². The second kappa shape index (κ2) is 8.45. The highest BCUT2D eigenvalue weighted by Crippen LogP contribution is 2.23. The molecular formula is C22H19N3O4. The molecule has 2 aromatic carbocycles. The third-order valence-corrected chi connectivity index (χ3v) is 4.43. The van der Waals surface area contributed by atoms with Crippen LogP contribution in [0.1, 0.15) is 11.1 Å². The molecule has 0 aliphatic carbocycles. The number of anilines is 2. The Morgan fingerprint density at radius 3 is 1.55 bits per heavy atom. The number of para-hydroxylation sites is 2. The Kier molecular flexibility index (Phi) is 5.80. The first-order valence-electron chi connectivity index (χ1n) is 8.90. The molecule has 146 valence electrons. The molecule has 4 amide bonds. The molecule has 0 saturated heterocycles. The SMILES string of the molecule is Cc1ccccc1N1C(=O)C=CC1=O.NCc1ccccc1N1C(=O)C=CC1=O. The molecule has 0 aromatic heterocycles. The maximum absolute atomic E-state index is 11.4. The van der Waals surface area contributed by atoms with E-state index in [9.17, 15) is 19.2 Å². The molecule has 0 unspecified atom stereocenters. The van der Waals surface area contributed by atoms with Gasteiger partial charge in [-0.15, -0.1) is 0 Å². The van der Waals surface area contributed by atoms with E-state index in [-0.39, 0.29) is 23.6 Å². The Morgan fingerprint density at radius 1 is 0.655 bits per heavy atom. The van der Waals surface area contributed by atoms with E-state index in [1.807, 2.05) is 25.1 Å². The van der Waals surface area contributed by atoms with E-state index < -0.39 is 0 Å². The summed E-state index contributed by atoms with van der Waals surface area (Å²) < 4.78 is 0. The summed E-state index contributed by atoms with van der Waals surface area (Å²) in [7, 11) is 0. The molecule has 2 heterocycles. The van der Waals surface area contributed by atoms with Crippen molar-refractivity contribution in [3.8, 4) is 0 Å². The third-order valence-electron chi connectivity index (χ3n) is 4.43. The van der Waals surface area contributed by atoms with Gasteiger partial charge >= 0.3 is 0 Å². The van der Waals surface area contributed by atoms with Gasteiger partial charge in [0.2, 0.25) is 0 Å². The lowest BCUT2D eigenvalue weighted by atomic mass is 10.1. The monoisotopic (exact) mass is 389 g/mol. The van der Waals surface area contributed by atoms with Crippen molar-refractivity contribution in [2.24, 2.45) is 5.73 Å². The molecule has 2 aromatic rings. The fourth-order valence-corrected chi connectivity index (χ4v) is 2.99. The summed E-state index contributed by atoms with van der Waals surface area (Å²) in [5, 5.41) is 0. The molecule has 0 bridgehead atoms. The Labute approximate surface area is 167 Å². The van der Waals surface area contributed by atoms with Gasteiger partial charge in [-0.2, -0.15) is 0 Å². The Balaban J connectivity index is 0.000000166. The fourth-order valence-electron chi connectivity index (χ4n) is 2.99. The van der Waals surface area contributed by atoms with E-state index in [2.05, 4.69) is 0 Å². The second-order valence-corrected chi connectivity index (χ2v) is 6.31. The standard InChI is InChI=1S/C11H10N2O2.C11H9NO2/c12-7-8-3-1-2-4-9(8)13-10(14)5-6-11(13)15;1-8-4-2-3-5-9(8)12-10(13)6-7-11(12)14/h1-6H,7,12H2;2-7H,1H3. The summed E-state index contributed by atoms with van der Waals surface area (Å²) in [6, 6.07) is 14.4. The molecule has 4 rings (SSSR count). The van der Waals surface area contributed by atoms with Gasteiger partial charge in [-0.25, -0.2) is 9.80 Å². The van der Waals surface area contributed by atoms with E-state index in [1.54, 1.807) is 30.3 Å². The maximum Gasteiger partial charge on any atom is 0.258 e. The second-order valence-electron chi connectivity index (χ2n) is 6.31. The number of benzene rings is 2. The molecule has 0 fully saturated rings. The number of nitrogens with zero attached hydrogens (tertiary/aromatic N) is 2. The minimum absolute atomic E-state index is 0.274. The van der Waals surface area contributed by atoms with E-state index in [4.69, 9.17) is 5.73 Å². The normalized spacial score (nSPS) is 15.2. The quantitative estimate of drug-likeness (QED) is 0.809. The minimum Gasteiger partial charge on any atom is -0.326 e. The average Bonchev–Trinajstić information content (AvgIpc) is 3.23. The van der Waals surface area contributed by atoms with Crippen LogP contribution in [0.5, 0.6) is 0 Å². The Hall–Kier alpha value is -3.84. The lowest BCUT2D eigenvalue weighted by Crippen LogP contribution is -2.30. The molecule has 0 atom stereocenters. The number of carbonyl (C=O) groups is 4. The lowest BCUT2D eigenvalue weighted by Gasteiger charge is -2.16. The van der Waals surface area contributed by atoms with Crippen molar-refractivity contribution in [2.45, 2.75) is 13.5 Å². The van der Waals surface area contributed by atoms with E-state index in [0.29, 0.717) is 17.9 Å². The van der Waals surface area contributed by atoms with E-state index in [0.717, 1.165) is 16.0 Å². The summed E-state index contributed by atoms with van der Waals surface area (Å²) in [6.45, 7) is 2.17. The Bertz CT molecular complexity index is 1020. The topological polar surface area (TPSA) is 101 Å². The van der Waals surface area contributed by atoms with Crippen molar-refractivity contribution in [2.75, 3.05) is 9.80 Å². The smallest absolute Gasteiger partial charge is 0.258 e. The zero-order chi connectivity index (χ0) is 21.0. The average molecular weight is 389 g/mol. The van der Waals surface area contributed by atoms with Crippen LogP contribution < -0.4 is 15.5 Å². The molecular weight excluding hydrogens is 370 g/mol. The predicted molar refractivity (Wildman–Crippen MR) is 109 cm³/mol. The van der Waals surface area contributed by atoms with Crippen LogP contribution >= 0.6 is 0 Å². The van der Waals surface area contributed by atoms with Crippen molar-refractivity contribution in [3.05, 3.63) is 84.0 Å². The number of hydrogen-bond donors (Lipinski definition) is 1. The van der Waals surface area contributed by atoms with Gasteiger partial charge in [0, 0.05) is 30.8 Å². The fraction of sp³-hybridized carbons (Fsp3) is 0.0909. The lowest BCUT2D eigenvalue weighted by molar-refractivity contribution is -0.121. The summed E-state index contributed by atoms with van der Waals surface area (Å²) >= 11 is 0. The molecule has 7 heteroatoms. The van der Waals surface area contributed by atoms with Gasteiger partial charge in [0.1, 0.15) is 0 Å². The summed E-state index contributed by atoms with van der Waals surface area (Å²) in [5.41, 5.74) is 8.46. The van der Waals surface area contributed by atoms with Crippen molar-refractivity contribution in [3.63, 3.8) is 0 Å². The first-order valence-corrected chi connectivity index (χ1v) is 8.90. The van der Waals surface area contributed by atoms with Gasteiger partial charge in [0.05, 0.1) is 11.4 Å². The number of carbonyl (C=O) groups excluding carboxylic acids is 4. The predicted octanol–water partition coefficient (Wildman–Crippen LogP) is 2.00. The summed E-state index contributed by atoms with van der Waals surface area (Å²) in [5.74, 6) is -1.18. The number of nitrogens with two attached hydrogens (primary N) is 1. The molecule has 0 spiro atoms. The number of rotatable bonds is 3. The number of hydrogen-bond acceptors (Lipinski definition) is 5. The molecule has 2 N–H and O–H groups in total. The van der Waals surface area contributed by atoms with Crippen LogP contribution in [0.2, 0.25) is 0 Å². The number of aryl methyl sites for hydroxylation is 1. The molecule has 7 nitrogen and oxygen atoms in total. The Morgan fingerprint density at radius 2 is 1.07 bits per heavy atom. The first-order chi connectivity index (χ1) is 13.9. The maximum atomic E-state index is 11.4. The van der Waals surface area contributed by atoms with Crippen molar-refractivity contribution >= 4 is 35.0 Å². The highest BCUT2D eigenvalue weighted by atomic mass is 16.2. The van der Waals surface area contributed by atoms with E-state index in [1.165, 1.54) is 29.2 Å². The number of imide groups is 2. The van der Waals surface area contributed by atoms with Gasteiger partial charge < -0.3 is 5.73 Å². The number of amides is 4. The van der Waals surface area contributed by atoms with Crippen LogP contribution in [0.4, 0.5) is 11.4 Å². The highest BCUT2D eigenvalue weighted by Gasteiger charge is 2.27. The zero-order valence-electron chi connectivity index (χ0n) is 15.7. The van der Waals surface area contributed by atoms with Crippen LogP contribution in [0.3, 0.4) is 0 Å². The van der Waals surface area contributed by atoms with Crippen LogP contribution in [0, 0.1) is 6.92 Å². The first kappa shape index (κ1) is 19.9. The van der Waals surface area contributed by atoms with Gasteiger partial charge in [-0.1, -0.05) is 36.4 Å². The summed E-state index contributed by atoms with van der Waals surface area (Å²) in [6.07, 6.45) is 5.09. The van der Waals surface area contributed by atoms with Crippen LogP contribution in [0.25, 0.3) is 0 Å². The van der Waals surface area contributed by atoms with Crippen molar-refractivity contribution < 1.29 is 19.2 Å². The van der Waals surface area contributed by atoms with Gasteiger partial charge in [-0.05, 0) is 30.2 Å². The molecule has 0 saturated carbocycles. The summed E-state index contributed by atoms with van der Waals surface area (Å²) in [4.78, 5) is 47.9. The molecule has 2 aliphatic heterocycles. The van der Waals surface area contributed by atoms with Crippen LogP contribution in [-0.4, -0.2) is 23.6 Å². The van der Waals surface area contributed by atoms with Crippen molar-refractivity contribution in [1.29, 1.82) is 0 Å². The van der Waals surface area contributed by atoms with Crippen molar-refractivity contribution in [1.82, 2.24) is 0 Å². The molecule has 2 aliphatic rings. The zero-order valence-corrected chi connectivity index (χ0v) is 15.7. The third kappa shape index (κ3) is 4.04. The highest BCUT2D eigenvalue weighted by molar-refractivity contribution is 6.29. The van der Waals surface area contributed by atoms with Crippen LogP contribution in [0.15, 0.2) is 72.8 Å². The largest absolute Gasteiger partial charge is 0.326 e. The van der Waals surface area contributed by atoms with E-state index >= 15 is 0 Å². The molecule has 29 heavy (non-hydrogen) atoms. The van der Waals surface area contributed by atoms with Gasteiger partial charge in [0.15, 0.2) is 0 Å². The minimum atomic E-state index is -0.319.